The highest BCUT2D eigenvalue weighted by atomic mass is 15.3. The van der Waals surface area contributed by atoms with E-state index in [-0.39, 0.29) is 0 Å². The Morgan fingerprint density at radius 1 is 0.364 bits per heavy atom. The summed E-state index contributed by atoms with van der Waals surface area (Å²) in [6.07, 6.45) is 3.11. The molecule has 66 heavy (non-hydrogen) atoms. The maximum atomic E-state index is 6.87. The van der Waals surface area contributed by atoms with Crippen molar-refractivity contribution in [3.63, 3.8) is 0 Å². The van der Waals surface area contributed by atoms with Crippen molar-refractivity contribution >= 4 is 89.7 Å². The molecule has 0 amide bonds. The zero-order chi connectivity index (χ0) is 45.5. The lowest BCUT2D eigenvalue weighted by Crippen LogP contribution is -2.40. The highest BCUT2D eigenvalue weighted by Crippen LogP contribution is 2.28. The van der Waals surface area contributed by atoms with Crippen LogP contribution in [0.15, 0.2) is 190 Å². The molecule has 0 heterocycles. The molecule has 0 aromatic heterocycles. The van der Waals surface area contributed by atoms with Crippen LogP contribution in [0.25, 0.3) is 43.1 Å². The van der Waals surface area contributed by atoms with Gasteiger partial charge in [-0.15, -0.1) is 0 Å². The molecule has 0 radical (unpaired) electrons. The number of nitrogens with one attached hydrogen (secondary N) is 2. The largest absolute Gasteiger partial charge is 0.370 e. The van der Waals surface area contributed by atoms with Crippen molar-refractivity contribution in [2.45, 2.75) is 25.7 Å². The van der Waals surface area contributed by atoms with Crippen LogP contribution < -0.4 is 33.6 Å². The number of benzene rings is 8. The van der Waals surface area contributed by atoms with Crippen LogP contribution in [0.1, 0.15) is 25.7 Å². The van der Waals surface area contributed by atoms with Crippen LogP contribution in [-0.4, -0.2) is 72.9 Å². The maximum absolute atomic E-state index is 6.87. The number of anilines is 2. The third kappa shape index (κ3) is 11.5. The molecule has 8 rings (SSSR count). The average molecular weight is 875 g/mol. The van der Waals surface area contributed by atoms with Gasteiger partial charge in [-0.1, -0.05) is 146 Å². The maximum Gasteiger partial charge on any atom is 0.196 e. The molecule has 0 aliphatic heterocycles. The second-order valence-electron chi connectivity index (χ2n) is 16.2. The van der Waals surface area contributed by atoms with Gasteiger partial charge in [0, 0.05) is 72.2 Å². The number of guanidine groups is 4. The normalized spacial score (nSPS) is 12.5. The lowest BCUT2D eigenvalue weighted by molar-refractivity contribution is 0.359. The van der Waals surface area contributed by atoms with Gasteiger partial charge in [0.25, 0.3) is 0 Å². The molecule has 12 heteroatoms. The Morgan fingerprint density at radius 2 is 0.682 bits per heavy atom. The van der Waals surface area contributed by atoms with E-state index in [0.717, 1.165) is 91.5 Å². The first-order chi connectivity index (χ1) is 32.4. The smallest absolute Gasteiger partial charge is 0.196 e. The van der Waals surface area contributed by atoms with E-state index in [1.165, 1.54) is 0 Å². The zero-order valence-corrected chi connectivity index (χ0v) is 37.2. The number of nitrogens with two attached hydrogens (primary N) is 4. The van der Waals surface area contributed by atoms with Crippen molar-refractivity contribution in [3.8, 4) is 0 Å². The highest BCUT2D eigenvalue weighted by molar-refractivity contribution is 6.04. The molecular weight excluding hydrogens is 817 g/mol. The van der Waals surface area contributed by atoms with Gasteiger partial charge in [-0.2, -0.15) is 0 Å². The Morgan fingerprint density at radius 3 is 1.09 bits per heavy atom. The summed E-state index contributed by atoms with van der Waals surface area (Å²) < 4.78 is 0. The molecule has 0 aliphatic carbocycles. The molecule has 0 spiro atoms. The number of fused-ring (bicyclic) bond motifs is 4. The summed E-state index contributed by atoms with van der Waals surface area (Å²) in [5, 5.41) is 15.4. The van der Waals surface area contributed by atoms with Gasteiger partial charge in [0.2, 0.25) is 0 Å². The average Bonchev–Trinajstić information content (AvgIpc) is 3.34. The quantitative estimate of drug-likeness (QED) is 0.0297. The van der Waals surface area contributed by atoms with Gasteiger partial charge < -0.3 is 43.4 Å². The number of aliphatic imine (C=N–C) groups is 4. The molecule has 334 valence electrons. The predicted octanol–water partition coefficient (Wildman–Crippen LogP) is 9.91. The fourth-order valence-electron chi connectivity index (χ4n) is 8.23. The molecule has 8 aromatic rings. The highest BCUT2D eigenvalue weighted by Gasteiger charge is 2.13. The van der Waals surface area contributed by atoms with Crippen LogP contribution in [-0.2, 0) is 0 Å². The van der Waals surface area contributed by atoms with Crippen molar-refractivity contribution < 1.29 is 0 Å². The van der Waals surface area contributed by atoms with Crippen LogP contribution in [0.2, 0.25) is 0 Å². The van der Waals surface area contributed by atoms with Crippen molar-refractivity contribution in [1.82, 2.24) is 9.80 Å². The molecule has 12 nitrogen and oxygen atoms in total. The predicted molar refractivity (Wildman–Crippen MR) is 280 cm³/mol. The van der Waals surface area contributed by atoms with E-state index in [9.17, 15) is 0 Å². The number of unbranched alkanes of at least 4 members (excludes halogenated alkanes) is 1. The molecule has 0 unspecified atom stereocenters. The molecule has 0 saturated heterocycles. The molecule has 0 aliphatic rings. The minimum atomic E-state index is 0.368. The molecule has 10 N–H and O–H groups in total. The van der Waals surface area contributed by atoms with Crippen molar-refractivity contribution in [2.75, 3.05) is 49.9 Å². The SMILES string of the molecule is NC(=NCCCN(CCCCN(CCCN=C(N)Nc1cccc2ccccc12)C(N)=Nc1cccc2ccccc12)C(N)=Nc1cccc2ccccc12)Nc1cccc2ccccc12. The molecule has 0 fully saturated rings. The number of rotatable bonds is 17. The standard InChI is InChI=1S/C54H58N12/c55-51(61-47-29-11-21-39-17-1-5-25-43(39)47)59-33-15-37-65(53(57)63-49-31-13-23-41-19-3-7-27-45(41)49)35-9-10-36-66(54(58)64-50-32-14-24-42-20-4-8-28-46(42)50)38-16-34-60-52(56)62-48-30-12-22-40-18-2-6-26-44(40)48/h1-8,11-14,17-32H,9-10,15-16,33-38H2,(H2,57,63)(H2,58,64)(H3,55,59,61)(H3,56,60,62). The first-order valence-corrected chi connectivity index (χ1v) is 22.6. The Labute approximate surface area is 386 Å². The first-order valence-electron chi connectivity index (χ1n) is 22.6. The Bertz CT molecular complexity index is 2800. The summed E-state index contributed by atoms with van der Waals surface area (Å²) in [6.45, 7) is 3.69. The summed E-state index contributed by atoms with van der Waals surface area (Å²) >= 11 is 0. The van der Waals surface area contributed by atoms with Gasteiger partial charge >= 0.3 is 0 Å². The van der Waals surface area contributed by atoms with Crippen molar-refractivity contribution in [3.05, 3.63) is 170 Å². The molecule has 8 aromatic carbocycles. The summed E-state index contributed by atoms with van der Waals surface area (Å²) in [4.78, 5) is 23.6. The lowest BCUT2D eigenvalue weighted by Gasteiger charge is -2.26. The van der Waals surface area contributed by atoms with E-state index in [2.05, 4.69) is 103 Å². The van der Waals surface area contributed by atoms with Crippen LogP contribution >= 0.6 is 0 Å². The van der Waals surface area contributed by atoms with E-state index in [4.69, 9.17) is 32.9 Å². The fraction of sp³-hybridized carbons (Fsp3) is 0.185. The van der Waals surface area contributed by atoms with Gasteiger partial charge in [0.1, 0.15) is 0 Å². The second-order valence-corrected chi connectivity index (χ2v) is 16.2. The summed E-state index contributed by atoms with van der Waals surface area (Å²) in [5.74, 6) is 1.65. The van der Waals surface area contributed by atoms with Gasteiger partial charge in [-0.25, -0.2) is 9.98 Å². The number of hydrogen-bond donors (Lipinski definition) is 6. The Balaban J connectivity index is 0.943. The van der Waals surface area contributed by atoms with Gasteiger partial charge in [0.15, 0.2) is 23.8 Å². The lowest BCUT2D eigenvalue weighted by atomic mass is 10.1. The summed E-state index contributed by atoms with van der Waals surface area (Å²) in [5.41, 5.74) is 30.0. The first kappa shape index (κ1) is 44.5. The van der Waals surface area contributed by atoms with E-state index in [0.29, 0.717) is 63.1 Å². The van der Waals surface area contributed by atoms with Crippen molar-refractivity contribution in [1.29, 1.82) is 0 Å². The summed E-state index contributed by atoms with van der Waals surface area (Å²) in [6, 6.07) is 57.3. The number of nitrogens with zero attached hydrogens (tertiary/aromatic N) is 6. The summed E-state index contributed by atoms with van der Waals surface area (Å²) in [7, 11) is 0. The van der Waals surface area contributed by atoms with Crippen LogP contribution in [0.3, 0.4) is 0 Å². The zero-order valence-electron chi connectivity index (χ0n) is 37.2. The van der Waals surface area contributed by atoms with E-state index in [1.807, 2.05) is 97.1 Å². The van der Waals surface area contributed by atoms with E-state index in [1.54, 1.807) is 0 Å². The third-order valence-corrected chi connectivity index (χ3v) is 11.6. The topological polar surface area (TPSA) is 184 Å². The molecule has 0 bridgehead atoms. The Kier molecular flexibility index (Phi) is 14.8. The van der Waals surface area contributed by atoms with Gasteiger partial charge in [0.05, 0.1) is 11.4 Å². The fourth-order valence-corrected chi connectivity index (χ4v) is 8.23. The van der Waals surface area contributed by atoms with E-state index < -0.39 is 0 Å². The molecule has 0 atom stereocenters. The third-order valence-electron chi connectivity index (χ3n) is 11.6. The van der Waals surface area contributed by atoms with Gasteiger partial charge in [-0.3, -0.25) is 9.98 Å². The van der Waals surface area contributed by atoms with Crippen LogP contribution in [0.4, 0.5) is 22.7 Å². The van der Waals surface area contributed by atoms with E-state index >= 15 is 0 Å². The second kappa shape index (κ2) is 22.0. The minimum Gasteiger partial charge on any atom is -0.370 e. The monoisotopic (exact) mass is 874 g/mol. The Hall–Kier alpha value is -8.12. The molecule has 0 saturated carbocycles. The van der Waals surface area contributed by atoms with Crippen molar-refractivity contribution in [2.24, 2.45) is 42.9 Å². The van der Waals surface area contributed by atoms with Crippen LogP contribution in [0.5, 0.6) is 0 Å². The molecular formula is C54H58N12. The number of hydrogen-bond acceptors (Lipinski definition) is 4. The minimum absolute atomic E-state index is 0.368. The van der Waals surface area contributed by atoms with Gasteiger partial charge in [-0.05, 0) is 71.5 Å². The van der Waals surface area contributed by atoms with Crippen LogP contribution in [0, 0.1) is 0 Å².